The average Bonchev–Trinajstić information content (AvgIpc) is 2.96. The molecule has 18 heavy (non-hydrogen) atoms. The summed E-state index contributed by atoms with van der Waals surface area (Å²) in [6.07, 6.45) is 3.86. The molecule has 0 bridgehead atoms. The highest BCUT2D eigenvalue weighted by Crippen LogP contribution is 2.19. The molecule has 0 aliphatic carbocycles. The Kier molecular flexibility index (Phi) is 4.49. The lowest BCUT2D eigenvalue weighted by atomic mass is 10.2. The van der Waals surface area contributed by atoms with Crippen molar-refractivity contribution in [2.24, 2.45) is 0 Å². The standard InChI is InChI=1S/C13H20N4S/c1-4-14-7-12-15-5-6-17(12)8-11-9-18-13(16-11)10(2)3/h5-6,9-10,14H,4,7-8H2,1-3H3. The van der Waals surface area contributed by atoms with E-state index in [1.807, 2.05) is 12.4 Å². The molecule has 0 aromatic carbocycles. The summed E-state index contributed by atoms with van der Waals surface area (Å²) >= 11 is 1.74. The van der Waals surface area contributed by atoms with Gasteiger partial charge in [0.25, 0.3) is 0 Å². The second-order valence-corrected chi connectivity index (χ2v) is 5.47. The van der Waals surface area contributed by atoms with Gasteiger partial charge < -0.3 is 9.88 Å². The average molecular weight is 264 g/mol. The Bertz CT molecular complexity index is 487. The molecule has 2 aromatic heterocycles. The SMILES string of the molecule is CCNCc1nccn1Cc1csc(C(C)C)n1. The van der Waals surface area contributed by atoms with E-state index >= 15 is 0 Å². The molecule has 0 atom stereocenters. The van der Waals surface area contributed by atoms with Crippen LogP contribution in [0, 0.1) is 0 Å². The first-order valence-corrected chi connectivity index (χ1v) is 7.23. The minimum absolute atomic E-state index is 0.507. The molecule has 0 aliphatic heterocycles. The van der Waals surface area contributed by atoms with E-state index in [1.54, 1.807) is 11.3 Å². The van der Waals surface area contributed by atoms with Crippen LogP contribution in [-0.2, 0) is 13.1 Å². The molecule has 0 amide bonds. The number of rotatable bonds is 6. The van der Waals surface area contributed by atoms with Crippen LogP contribution in [0.5, 0.6) is 0 Å². The first-order chi connectivity index (χ1) is 8.70. The molecule has 0 fully saturated rings. The van der Waals surface area contributed by atoms with Gasteiger partial charge in [-0.2, -0.15) is 0 Å². The van der Waals surface area contributed by atoms with E-state index in [0.717, 1.165) is 31.2 Å². The molecule has 0 saturated carbocycles. The Morgan fingerprint density at radius 3 is 2.94 bits per heavy atom. The number of nitrogens with zero attached hydrogens (tertiary/aromatic N) is 3. The Labute approximate surface area is 112 Å². The molecule has 98 valence electrons. The summed E-state index contributed by atoms with van der Waals surface area (Å²) < 4.78 is 2.15. The van der Waals surface area contributed by atoms with Gasteiger partial charge in [-0.3, -0.25) is 0 Å². The summed E-state index contributed by atoms with van der Waals surface area (Å²) in [7, 11) is 0. The van der Waals surface area contributed by atoms with E-state index in [9.17, 15) is 0 Å². The summed E-state index contributed by atoms with van der Waals surface area (Å²) in [4.78, 5) is 9.02. The molecule has 0 saturated heterocycles. The first-order valence-electron chi connectivity index (χ1n) is 6.35. The molecule has 2 aromatic rings. The van der Waals surface area contributed by atoms with E-state index < -0.39 is 0 Å². The van der Waals surface area contributed by atoms with Gasteiger partial charge >= 0.3 is 0 Å². The van der Waals surface area contributed by atoms with Gasteiger partial charge in [0.1, 0.15) is 5.82 Å². The van der Waals surface area contributed by atoms with Gasteiger partial charge in [-0.15, -0.1) is 11.3 Å². The van der Waals surface area contributed by atoms with Gasteiger partial charge in [0.05, 0.1) is 23.8 Å². The summed E-state index contributed by atoms with van der Waals surface area (Å²) in [6, 6.07) is 0. The zero-order chi connectivity index (χ0) is 13.0. The predicted molar refractivity (Wildman–Crippen MR) is 74.9 cm³/mol. The molecule has 0 radical (unpaired) electrons. The van der Waals surface area contributed by atoms with Gasteiger partial charge in [0, 0.05) is 23.7 Å². The van der Waals surface area contributed by atoms with Crippen LogP contribution in [0.15, 0.2) is 17.8 Å². The lowest BCUT2D eigenvalue weighted by Crippen LogP contribution is -2.16. The zero-order valence-corrected chi connectivity index (χ0v) is 12.0. The van der Waals surface area contributed by atoms with Crippen LogP contribution in [0.1, 0.15) is 43.2 Å². The van der Waals surface area contributed by atoms with Crippen molar-refractivity contribution in [2.45, 2.75) is 39.8 Å². The Morgan fingerprint density at radius 2 is 2.28 bits per heavy atom. The van der Waals surface area contributed by atoms with Gasteiger partial charge in [-0.1, -0.05) is 20.8 Å². The van der Waals surface area contributed by atoms with Crippen molar-refractivity contribution in [3.05, 3.63) is 34.3 Å². The zero-order valence-electron chi connectivity index (χ0n) is 11.2. The molecular formula is C13H20N4S. The molecule has 2 heterocycles. The van der Waals surface area contributed by atoms with Gasteiger partial charge in [0.2, 0.25) is 0 Å². The van der Waals surface area contributed by atoms with Gasteiger partial charge in [-0.25, -0.2) is 9.97 Å². The maximum atomic E-state index is 4.66. The fourth-order valence-electron chi connectivity index (χ4n) is 1.72. The summed E-state index contributed by atoms with van der Waals surface area (Å²) in [6.45, 7) is 9.03. The highest BCUT2D eigenvalue weighted by atomic mass is 32.1. The molecule has 0 aliphatic rings. The smallest absolute Gasteiger partial charge is 0.123 e. The second-order valence-electron chi connectivity index (χ2n) is 4.58. The predicted octanol–water partition coefficient (Wildman–Crippen LogP) is 2.62. The Morgan fingerprint density at radius 1 is 1.44 bits per heavy atom. The highest BCUT2D eigenvalue weighted by molar-refractivity contribution is 7.09. The third kappa shape index (κ3) is 3.17. The normalized spacial score (nSPS) is 11.3. The monoisotopic (exact) mass is 264 g/mol. The van der Waals surface area contributed by atoms with Crippen molar-refractivity contribution in [1.29, 1.82) is 0 Å². The Balaban J connectivity index is 2.06. The maximum absolute atomic E-state index is 4.66. The quantitative estimate of drug-likeness (QED) is 0.872. The van der Waals surface area contributed by atoms with E-state index in [1.165, 1.54) is 5.01 Å². The number of hydrogen-bond acceptors (Lipinski definition) is 4. The molecule has 0 spiro atoms. The fraction of sp³-hybridized carbons (Fsp3) is 0.538. The van der Waals surface area contributed by atoms with Crippen molar-refractivity contribution in [1.82, 2.24) is 19.9 Å². The summed E-state index contributed by atoms with van der Waals surface area (Å²) in [5.74, 6) is 1.57. The Hall–Kier alpha value is -1.20. The molecule has 4 nitrogen and oxygen atoms in total. The van der Waals surface area contributed by atoms with Crippen molar-refractivity contribution in [3.8, 4) is 0 Å². The second kappa shape index (κ2) is 6.11. The van der Waals surface area contributed by atoms with Crippen LogP contribution in [-0.4, -0.2) is 21.1 Å². The van der Waals surface area contributed by atoms with Crippen molar-refractivity contribution >= 4 is 11.3 Å². The lowest BCUT2D eigenvalue weighted by Gasteiger charge is -2.06. The third-order valence-corrected chi connectivity index (χ3v) is 3.92. The van der Waals surface area contributed by atoms with Crippen LogP contribution < -0.4 is 5.32 Å². The van der Waals surface area contributed by atoms with E-state index in [-0.39, 0.29) is 0 Å². The molecule has 2 rings (SSSR count). The summed E-state index contributed by atoms with van der Waals surface area (Å²) in [5.41, 5.74) is 1.12. The van der Waals surface area contributed by atoms with E-state index in [0.29, 0.717) is 5.92 Å². The van der Waals surface area contributed by atoms with Crippen LogP contribution in [0.25, 0.3) is 0 Å². The minimum atomic E-state index is 0.507. The molecule has 5 heteroatoms. The highest BCUT2D eigenvalue weighted by Gasteiger charge is 2.08. The molecule has 0 unspecified atom stereocenters. The number of hydrogen-bond donors (Lipinski definition) is 1. The fourth-order valence-corrected chi connectivity index (χ4v) is 2.55. The van der Waals surface area contributed by atoms with E-state index in [2.05, 4.69) is 46.0 Å². The van der Waals surface area contributed by atoms with Crippen molar-refractivity contribution in [2.75, 3.05) is 6.54 Å². The number of aromatic nitrogens is 3. The third-order valence-electron chi connectivity index (χ3n) is 2.73. The topological polar surface area (TPSA) is 42.7 Å². The first kappa shape index (κ1) is 13.2. The van der Waals surface area contributed by atoms with Crippen LogP contribution in [0.4, 0.5) is 0 Å². The minimum Gasteiger partial charge on any atom is -0.328 e. The van der Waals surface area contributed by atoms with Crippen LogP contribution >= 0.6 is 11.3 Å². The van der Waals surface area contributed by atoms with Crippen molar-refractivity contribution in [3.63, 3.8) is 0 Å². The van der Waals surface area contributed by atoms with Gasteiger partial charge in [-0.05, 0) is 6.54 Å². The number of nitrogens with one attached hydrogen (secondary N) is 1. The lowest BCUT2D eigenvalue weighted by molar-refractivity contribution is 0.634. The van der Waals surface area contributed by atoms with E-state index in [4.69, 9.17) is 0 Å². The van der Waals surface area contributed by atoms with Gasteiger partial charge in [0.15, 0.2) is 0 Å². The number of thiazole rings is 1. The molecular weight excluding hydrogens is 244 g/mol. The molecule has 1 N–H and O–H groups in total. The van der Waals surface area contributed by atoms with Crippen LogP contribution in [0.3, 0.4) is 0 Å². The van der Waals surface area contributed by atoms with Crippen molar-refractivity contribution < 1.29 is 0 Å². The summed E-state index contributed by atoms with van der Waals surface area (Å²) in [5, 5.41) is 6.65. The maximum Gasteiger partial charge on any atom is 0.123 e. The number of imidazole rings is 1. The van der Waals surface area contributed by atoms with Crippen LogP contribution in [0.2, 0.25) is 0 Å². The largest absolute Gasteiger partial charge is 0.328 e.